The van der Waals surface area contributed by atoms with Gasteiger partial charge >= 0.3 is 0 Å². The van der Waals surface area contributed by atoms with Crippen molar-refractivity contribution in [3.05, 3.63) is 70.5 Å². The molecule has 3 aromatic rings. The molecule has 0 fully saturated rings. The maximum Gasteiger partial charge on any atom is 0.189 e. The van der Waals surface area contributed by atoms with E-state index in [1.54, 1.807) is 12.1 Å². The molecule has 0 bridgehead atoms. The predicted octanol–water partition coefficient (Wildman–Crippen LogP) is 6.16. The van der Waals surface area contributed by atoms with E-state index in [0.717, 1.165) is 28.0 Å². The Morgan fingerprint density at radius 2 is 1.94 bits per heavy atom. The van der Waals surface area contributed by atoms with Gasteiger partial charge in [0.25, 0.3) is 0 Å². The van der Waals surface area contributed by atoms with Crippen LogP contribution in [0.3, 0.4) is 0 Å². The lowest BCUT2D eigenvalue weighted by Crippen LogP contribution is -2.32. The molecule has 0 radical (unpaired) electrons. The van der Waals surface area contributed by atoms with Crippen LogP contribution in [0.1, 0.15) is 49.1 Å². The highest BCUT2D eigenvalue weighted by molar-refractivity contribution is 5.92. The number of ether oxygens (including phenoxy) is 4. The molecule has 0 aromatic heterocycles. The molecule has 3 aliphatic rings. The van der Waals surface area contributed by atoms with E-state index < -0.39 is 11.9 Å². The number of nitrogens with one attached hydrogen (secondary N) is 1. The van der Waals surface area contributed by atoms with Crippen LogP contribution in [0.15, 0.2) is 42.5 Å². The number of methoxy groups -OCH3 is 1. The average Bonchev–Trinajstić information content (AvgIpc) is 2.82. The number of anilines is 1. The zero-order chi connectivity index (χ0) is 24.5. The van der Waals surface area contributed by atoms with Gasteiger partial charge in [0.1, 0.15) is 17.3 Å². The van der Waals surface area contributed by atoms with Crippen molar-refractivity contribution in [3.8, 4) is 34.1 Å². The Bertz CT molecular complexity index is 1410. The molecular weight excluding hydrogens is 449 g/mol. The number of benzene rings is 3. The second-order valence-corrected chi connectivity index (χ2v) is 9.70. The fourth-order valence-corrected chi connectivity index (χ4v) is 5.47. The van der Waals surface area contributed by atoms with E-state index in [9.17, 15) is 5.11 Å². The van der Waals surface area contributed by atoms with Crippen LogP contribution in [0.5, 0.6) is 23.0 Å². The van der Waals surface area contributed by atoms with Crippen LogP contribution in [-0.4, -0.2) is 24.5 Å². The highest BCUT2D eigenvalue weighted by Gasteiger charge is 2.38. The minimum absolute atomic E-state index is 0.0110. The summed E-state index contributed by atoms with van der Waals surface area (Å²) in [5.74, 6) is 1.02. The fraction of sp³-hybridized carbons (Fsp3) is 0.286. The molecule has 3 aliphatic heterocycles. The molecule has 1 unspecified atom stereocenters. The molecule has 0 spiro atoms. The molecule has 3 aromatic carbocycles. The highest BCUT2D eigenvalue weighted by Crippen LogP contribution is 2.55. The summed E-state index contributed by atoms with van der Waals surface area (Å²) >= 11 is 0. The lowest BCUT2D eigenvalue weighted by Gasteiger charge is -2.37. The van der Waals surface area contributed by atoms with Gasteiger partial charge in [-0.25, -0.2) is 4.39 Å². The molecule has 6 nitrogen and oxygen atoms in total. The summed E-state index contributed by atoms with van der Waals surface area (Å²) in [7, 11) is 1.51. The minimum Gasteiger partial charge on any atom is -0.504 e. The molecule has 35 heavy (non-hydrogen) atoms. The molecule has 3 heterocycles. The molecule has 180 valence electrons. The summed E-state index contributed by atoms with van der Waals surface area (Å²) in [6.07, 6.45) is 1.41. The normalized spacial score (nSPS) is 19.0. The van der Waals surface area contributed by atoms with Gasteiger partial charge in [0.2, 0.25) is 0 Å². The molecular formula is C28H26FNO5. The van der Waals surface area contributed by atoms with Crippen LogP contribution in [0, 0.1) is 5.82 Å². The number of rotatable bonds is 2. The summed E-state index contributed by atoms with van der Waals surface area (Å²) in [6, 6.07) is 10.4. The quantitative estimate of drug-likeness (QED) is 0.463. The highest BCUT2D eigenvalue weighted by atomic mass is 19.1. The molecule has 0 amide bonds. The molecule has 0 aliphatic carbocycles. The summed E-state index contributed by atoms with van der Waals surface area (Å²) in [6.45, 7) is 6.68. The van der Waals surface area contributed by atoms with Crippen molar-refractivity contribution in [1.82, 2.24) is 0 Å². The summed E-state index contributed by atoms with van der Waals surface area (Å²) in [5.41, 5.74) is 6.00. The molecule has 1 atom stereocenters. The van der Waals surface area contributed by atoms with Crippen LogP contribution in [0.25, 0.3) is 16.7 Å². The molecule has 0 saturated heterocycles. The van der Waals surface area contributed by atoms with E-state index in [1.165, 1.54) is 19.2 Å². The fourth-order valence-electron chi connectivity index (χ4n) is 5.47. The van der Waals surface area contributed by atoms with Crippen molar-refractivity contribution in [3.63, 3.8) is 0 Å². The first-order valence-electron chi connectivity index (χ1n) is 11.5. The maximum atomic E-state index is 15.6. The summed E-state index contributed by atoms with van der Waals surface area (Å²) < 4.78 is 38.7. The van der Waals surface area contributed by atoms with Crippen molar-refractivity contribution in [2.24, 2.45) is 0 Å². The van der Waals surface area contributed by atoms with E-state index >= 15 is 4.39 Å². The number of halogens is 1. The van der Waals surface area contributed by atoms with Crippen molar-refractivity contribution >= 4 is 11.3 Å². The monoisotopic (exact) mass is 475 g/mol. The number of phenolic OH excluding ortho intramolecular Hbond substituents is 1. The Kier molecular flexibility index (Phi) is 4.76. The van der Waals surface area contributed by atoms with E-state index in [1.807, 2.05) is 12.1 Å². The Hall–Kier alpha value is -3.71. The van der Waals surface area contributed by atoms with E-state index in [-0.39, 0.29) is 18.1 Å². The minimum atomic E-state index is -0.746. The van der Waals surface area contributed by atoms with Gasteiger partial charge < -0.3 is 29.4 Å². The summed E-state index contributed by atoms with van der Waals surface area (Å²) in [5, 5.41) is 14.1. The smallest absolute Gasteiger partial charge is 0.189 e. The van der Waals surface area contributed by atoms with E-state index in [0.29, 0.717) is 40.5 Å². The van der Waals surface area contributed by atoms with Gasteiger partial charge in [0, 0.05) is 27.9 Å². The largest absolute Gasteiger partial charge is 0.504 e. The lowest BCUT2D eigenvalue weighted by molar-refractivity contribution is -0.0167. The van der Waals surface area contributed by atoms with Crippen molar-refractivity contribution in [2.45, 2.75) is 39.0 Å². The van der Waals surface area contributed by atoms with Crippen LogP contribution in [0.2, 0.25) is 0 Å². The summed E-state index contributed by atoms with van der Waals surface area (Å²) in [4.78, 5) is 0. The van der Waals surface area contributed by atoms with Gasteiger partial charge in [-0.15, -0.1) is 0 Å². The van der Waals surface area contributed by atoms with Crippen molar-refractivity contribution in [2.75, 3.05) is 19.2 Å². The first-order valence-corrected chi connectivity index (χ1v) is 11.5. The zero-order valence-corrected chi connectivity index (χ0v) is 20.0. The first kappa shape index (κ1) is 21.8. The lowest BCUT2D eigenvalue weighted by atomic mass is 9.80. The van der Waals surface area contributed by atoms with Gasteiger partial charge in [-0.2, -0.15) is 0 Å². The first-order chi connectivity index (χ1) is 16.8. The maximum absolute atomic E-state index is 15.6. The third kappa shape index (κ3) is 3.33. The number of phenols is 1. The van der Waals surface area contributed by atoms with Crippen LogP contribution in [-0.2, 0) is 11.3 Å². The Morgan fingerprint density at radius 1 is 1.11 bits per heavy atom. The topological polar surface area (TPSA) is 69.2 Å². The van der Waals surface area contributed by atoms with Crippen LogP contribution in [0.4, 0.5) is 10.1 Å². The number of hydrogen-bond donors (Lipinski definition) is 2. The van der Waals surface area contributed by atoms with E-state index in [4.69, 9.17) is 18.9 Å². The van der Waals surface area contributed by atoms with E-state index in [2.05, 4.69) is 32.2 Å². The predicted molar refractivity (Wildman–Crippen MR) is 131 cm³/mol. The third-order valence-corrected chi connectivity index (χ3v) is 6.77. The van der Waals surface area contributed by atoms with Crippen LogP contribution >= 0.6 is 0 Å². The Labute approximate surface area is 202 Å². The molecule has 6 rings (SSSR count). The van der Waals surface area contributed by atoms with Gasteiger partial charge in [-0.3, -0.25) is 0 Å². The molecule has 7 heteroatoms. The molecule has 2 N–H and O–H groups in total. The van der Waals surface area contributed by atoms with Gasteiger partial charge in [-0.05, 0) is 62.2 Å². The Morgan fingerprint density at radius 3 is 2.74 bits per heavy atom. The second kappa shape index (κ2) is 7.65. The average molecular weight is 476 g/mol. The van der Waals surface area contributed by atoms with Gasteiger partial charge in [0.05, 0.1) is 24.8 Å². The van der Waals surface area contributed by atoms with Crippen molar-refractivity contribution in [1.29, 1.82) is 0 Å². The number of allylic oxidation sites excluding steroid dienone is 1. The van der Waals surface area contributed by atoms with Crippen molar-refractivity contribution < 1.29 is 28.4 Å². The Balaban J connectivity index is 1.65. The van der Waals surface area contributed by atoms with Crippen LogP contribution < -0.4 is 19.5 Å². The third-order valence-electron chi connectivity index (χ3n) is 6.77. The number of aromatic hydroxyl groups is 1. The second-order valence-electron chi connectivity index (χ2n) is 9.70. The standard InChI is InChI=1S/C28H26FNO5/c1-14-11-28(2,3)30-19-6-5-16-24-21(8-7-20(31)27(24)32-4)35-26(25(16)23(14)19)17-10-22-15(9-18(17)29)12-33-13-34-22/h5-11,26,30-31H,12-13H2,1-4H3. The molecule has 0 saturated carbocycles. The van der Waals surface area contributed by atoms with Gasteiger partial charge in [-0.1, -0.05) is 12.1 Å². The van der Waals surface area contributed by atoms with Gasteiger partial charge in [0.15, 0.2) is 24.4 Å². The zero-order valence-electron chi connectivity index (χ0n) is 20.0. The SMILES string of the molecule is COc1c(O)ccc2c1-c1ccc3c(c1C(c1cc4c(cc1F)COCO4)O2)C(C)=CC(C)(C)N3. The number of fused-ring (bicyclic) bond motifs is 6. The number of hydrogen-bond acceptors (Lipinski definition) is 6.